The van der Waals surface area contributed by atoms with Crippen LogP contribution in [0.2, 0.25) is 0 Å². The number of hydrogen-bond acceptors (Lipinski definition) is 6. The summed E-state index contributed by atoms with van der Waals surface area (Å²) in [5, 5.41) is 24.2. The molecule has 0 radical (unpaired) electrons. The van der Waals surface area contributed by atoms with Crippen LogP contribution in [0.15, 0.2) is 18.3 Å². The number of carbonyl (C=O) groups is 1. The fraction of sp³-hybridized carbons (Fsp3) is 0.400. The van der Waals surface area contributed by atoms with Gasteiger partial charge >= 0.3 is 0 Å². The van der Waals surface area contributed by atoms with Crippen molar-refractivity contribution >= 4 is 17.4 Å². The second-order valence-electron chi connectivity index (χ2n) is 3.41. The molecule has 1 rings (SSSR count). The van der Waals surface area contributed by atoms with Gasteiger partial charge in [-0.15, -0.1) is 0 Å². The summed E-state index contributed by atoms with van der Waals surface area (Å²) in [6.07, 6.45) is 1.38. The lowest BCUT2D eigenvalue weighted by atomic mass is 10.3. The average Bonchev–Trinajstić information content (AvgIpc) is 2.37. The number of pyridine rings is 1. The fourth-order valence-corrected chi connectivity index (χ4v) is 1.19. The van der Waals surface area contributed by atoms with Crippen LogP contribution in [0.1, 0.15) is 6.42 Å². The van der Waals surface area contributed by atoms with Crippen molar-refractivity contribution < 1.29 is 14.8 Å². The van der Waals surface area contributed by atoms with Gasteiger partial charge in [0.15, 0.2) is 0 Å². The zero-order valence-electron chi connectivity index (χ0n) is 9.63. The molecular weight excluding hydrogens is 240 g/mol. The first kappa shape index (κ1) is 13.8. The summed E-state index contributed by atoms with van der Waals surface area (Å²) < 4.78 is 0. The van der Waals surface area contributed by atoms with Gasteiger partial charge in [-0.25, -0.2) is 4.98 Å². The Bertz CT molecular complexity index is 407. The molecule has 0 aliphatic carbocycles. The van der Waals surface area contributed by atoms with Crippen LogP contribution in [-0.2, 0) is 4.79 Å². The molecule has 0 saturated heterocycles. The van der Waals surface area contributed by atoms with Gasteiger partial charge in [-0.05, 0) is 6.07 Å². The van der Waals surface area contributed by atoms with E-state index in [1.807, 2.05) is 0 Å². The van der Waals surface area contributed by atoms with Gasteiger partial charge in [0, 0.05) is 25.6 Å². The van der Waals surface area contributed by atoms with Crippen LogP contribution in [0, 0.1) is 10.1 Å². The lowest BCUT2D eigenvalue weighted by molar-refractivity contribution is -0.385. The van der Waals surface area contributed by atoms with Crippen molar-refractivity contribution in [2.45, 2.75) is 6.42 Å². The quantitative estimate of drug-likeness (QED) is 0.462. The van der Waals surface area contributed by atoms with Gasteiger partial charge in [0.05, 0.1) is 11.5 Å². The van der Waals surface area contributed by atoms with E-state index in [1.165, 1.54) is 12.1 Å². The molecule has 0 atom stereocenters. The third-order valence-corrected chi connectivity index (χ3v) is 2.05. The largest absolute Gasteiger partial charge is 0.395 e. The standard InChI is InChI=1S/C10H14N4O4/c15-6-5-12-10(16)3-4-11-9-2-1-8(7-13-9)14(17)18/h1-2,7,15H,3-6H2,(H,11,13)(H,12,16). The fourth-order valence-electron chi connectivity index (χ4n) is 1.19. The van der Waals surface area contributed by atoms with Crippen molar-refractivity contribution in [3.05, 3.63) is 28.4 Å². The van der Waals surface area contributed by atoms with Crippen molar-refractivity contribution in [1.82, 2.24) is 10.3 Å². The van der Waals surface area contributed by atoms with E-state index in [0.717, 1.165) is 6.20 Å². The maximum Gasteiger partial charge on any atom is 0.287 e. The Morgan fingerprint density at radius 3 is 2.78 bits per heavy atom. The van der Waals surface area contributed by atoms with Crippen molar-refractivity contribution in [2.75, 3.05) is 25.0 Å². The van der Waals surface area contributed by atoms with E-state index in [2.05, 4.69) is 15.6 Å². The average molecular weight is 254 g/mol. The van der Waals surface area contributed by atoms with E-state index in [-0.39, 0.29) is 31.2 Å². The Hall–Kier alpha value is -2.22. The minimum atomic E-state index is -0.529. The van der Waals surface area contributed by atoms with Crippen molar-refractivity contribution in [1.29, 1.82) is 0 Å². The minimum absolute atomic E-state index is 0.0822. The van der Waals surface area contributed by atoms with E-state index >= 15 is 0 Å². The Labute approximate surface area is 103 Å². The third-order valence-electron chi connectivity index (χ3n) is 2.05. The highest BCUT2D eigenvalue weighted by atomic mass is 16.6. The first-order valence-electron chi connectivity index (χ1n) is 5.35. The van der Waals surface area contributed by atoms with Gasteiger partial charge in [0.1, 0.15) is 12.0 Å². The number of amides is 1. The third kappa shape index (κ3) is 4.74. The molecule has 1 amide bonds. The number of aliphatic hydroxyl groups excluding tert-OH is 1. The van der Waals surface area contributed by atoms with Crippen LogP contribution in [0.3, 0.4) is 0 Å². The predicted octanol–water partition coefficient (Wildman–Crippen LogP) is -0.0997. The molecular formula is C10H14N4O4. The predicted molar refractivity (Wildman–Crippen MR) is 64.1 cm³/mol. The van der Waals surface area contributed by atoms with Gasteiger partial charge < -0.3 is 15.7 Å². The summed E-state index contributed by atoms with van der Waals surface area (Å²) in [6, 6.07) is 2.81. The molecule has 3 N–H and O–H groups in total. The number of aliphatic hydroxyl groups is 1. The normalized spacial score (nSPS) is 9.83. The van der Waals surface area contributed by atoms with Crippen molar-refractivity contribution in [2.24, 2.45) is 0 Å². The van der Waals surface area contributed by atoms with Gasteiger partial charge in [-0.2, -0.15) is 0 Å². The van der Waals surface area contributed by atoms with Gasteiger partial charge in [0.2, 0.25) is 5.91 Å². The first-order valence-corrected chi connectivity index (χ1v) is 5.35. The molecule has 8 nitrogen and oxygen atoms in total. The monoisotopic (exact) mass is 254 g/mol. The van der Waals surface area contributed by atoms with Crippen LogP contribution in [0.25, 0.3) is 0 Å². The smallest absolute Gasteiger partial charge is 0.287 e. The van der Waals surface area contributed by atoms with Crippen molar-refractivity contribution in [3.63, 3.8) is 0 Å². The molecule has 0 unspecified atom stereocenters. The Morgan fingerprint density at radius 2 is 2.22 bits per heavy atom. The molecule has 1 aromatic heterocycles. The lowest BCUT2D eigenvalue weighted by Gasteiger charge is -2.05. The number of hydrogen-bond donors (Lipinski definition) is 3. The molecule has 1 heterocycles. The second kappa shape index (κ2) is 7.17. The molecule has 0 aliphatic heterocycles. The van der Waals surface area contributed by atoms with Gasteiger partial charge in [0.25, 0.3) is 5.69 Å². The molecule has 0 aliphatic rings. The number of rotatable bonds is 7. The van der Waals surface area contributed by atoms with E-state index < -0.39 is 4.92 Å². The number of aromatic nitrogens is 1. The first-order chi connectivity index (χ1) is 8.63. The van der Waals surface area contributed by atoms with Crippen LogP contribution in [-0.4, -0.2) is 40.6 Å². The highest BCUT2D eigenvalue weighted by Gasteiger charge is 2.05. The Morgan fingerprint density at radius 1 is 1.44 bits per heavy atom. The zero-order valence-corrected chi connectivity index (χ0v) is 9.63. The van der Waals surface area contributed by atoms with E-state index in [9.17, 15) is 14.9 Å². The van der Waals surface area contributed by atoms with Crippen LogP contribution in [0.5, 0.6) is 0 Å². The van der Waals surface area contributed by atoms with Gasteiger partial charge in [-0.1, -0.05) is 0 Å². The number of carbonyl (C=O) groups excluding carboxylic acids is 1. The molecule has 18 heavy (non-hydrogen) atoms. The summed E-state index contributed by atoms with van der Waals surface area (Å²) in [4.78, 5) is 24.9. The molecule has 8 heteroatoms. The molecule has 98 valence electrons. The summed E-state index contributed by atoms with van der Waals surface area (Å²) in [5.41, 5.74) is -0.0822. The summed E-state index contributed by atoms with van der Waals surface area (Å²) in [5.74, 6) is 0.286. The molecule has 0 fully saturated rings. The number of nitrogens with zero attached hydrogens (tertiary/aromatic N) is 2. The van der Waals surface area contributed by atoms with Crippen LogP contribution in [0.4, 0.5) is 11.5 Å². The maximum atomic E-state index is 11.2. The molecule has 1 aromatic rings. The minimum Gasteiger partial charge on any atom is -0.395 e. The highest BCUT2D eigenvalue weighted by Crippen LogP contribution is 2.11. The number of anilines is 1. The van der Waals surface area contributed by atoms with Crippen LogP contribution < -0.4 is 10.6 Å². The van der Waals surface area contributed by atoms with Gasteiger partial charge in [-0.3, -0.25) is 14.9 Å². The Kier molecular flexibility index (Phi) is 5.52. The topological polar surface area (TPSA) is 117 Å². The van der Waals surface area contributed by atoms with E-state index in [0.29, 0.717) is 12.4 Å². The molecule has 0 bridgehead atoms. The zero-order chi connectivity index (χ0) is 13.4. The maximum absolute atomic E-state index is 11.2. The highest BCUT2D eigenvalue weighted by molar-refractivity contribution is 5.76. The summed E-state index contributed by atoms with van der Waals surface area (Å²) >= 11 is 0. The molecule has 0 saturated carbocycles. The molecule has 0 aromatic carbocycles. The molecule has 0 spiro atoms. The lowest BCUT2D eigenvalue weighted by Crippen LogP contribution is -2.27. The number of nitro groups is 1. The Balaban J connectivity index is 2.31. The van der Waals surface area contributed by atoms with E-state index in [4.69, 9.17) is 5.11 Å². The van der Waals surface area contributed by atoms with Crippen LogP contribution >= 0.6 is 0 Å². The number of nitrogens with one attached hydrogen (secondary N) is 2. The second-order valence-corrected chi connectivity index (χ2v) is 3.41. The van der Waals surface area contributed by atoms with Crippen molar-refractivity contribution in [3.8, 4) is 0 Å². The summed E-state index contributed by atoms with van der Waals surface area (Å²) in [7, 11) is 0. The SMILES string of the molecule is O=C(CCNc1ccc([N+](=O)[O-])cn1)NCCO. The van der Waals surface area contributed by atoms with E-state index in [1.54, 1.807) is 0 Å². The summed E-state index contributed by atoms with van der Waals surface area (Å²) in [6.45, 7) is 0.500.